The zero-order valence-electron chi connectivity index (χ0n) is 8.17. The maximum Gasteiger partial charge on any atom is 0.338 e. The quantitative estimate of drug-likeness (QED) is 0.595. The van der Waals surface area contributed by atoms with Crippen molar-refractivity contribution in [1.82, 2.24) is 15.7 Å². The summed E-state index contributed by atoms with van der Waals surface area (Å²) in [4.78, 5) is 17.8. The zero-order chi connectivity index (χ0) is 9.68. The van der Waals surface area contributed by atoms with E-state index in [1.807, 2.05) is 0 Å². The Hall–Kier alpha value is -0.810. The van der Waals surface area contributed by atoms with E-state index < -0.39 is 0 Å². The third kappa shape index (κ3) is 3.61. The van der Waals surface area contributed by atoms with E-state index in [0.717, 1.165) is 25.9 Å². The van der Waals surface area contributed by atoms with Crippen LogP contribution in [-0.2, 0) is 4.84 Å². The SMILES string of the molecule is CONC(=O)NC1CCCN(C)C1. The number of carbonyl (C=O) groups is 1. The molecule has 0 saturated carbocycles. The topological polar surface area (TPSA) is 53.6 Å². The highest BCUT2D eigenvalue weighted by Crippen LogP contribution is 2.07. The van der Waals surface area contributed by atoms with Gasteiger partial charge in [-0.3, -0.25) is 4.84 Å². The molecule has 0 radical (unpaired) electrons. The fourth-order valence-electron chi connectivity index (χ4n) is 1.59. The average Bonchev–Trinajstić information content (AvgIpc) is 2.04. The molecule has 5 heteroatoms. The summed E-state index contributed by atoms with van der Waals surface area (Å²) >= 11 is 0. The Labute approximate surface area is 78.4 Å². The van der Waals surface area contributed by atoms with Crippen molar-refractivity contribution in [1.29, 1.82) is 0 Å². The third-order valence-electron chi connectivity index (χ3n) is 2.15. The van der Waals surface area contributed by atoms with Crippen LogP contribution in [0.1, 0.15) is 12.8 Å². The molecule has 1 fully saturated rings. The fraction of sp³-hybridized carbons (Fsp3) is 0.875. The van der Waals surface area contributed by atoms with Crippen LogP contribution in [0.4, 0.5) is 4.79 Å². The van der Waals surface area contributed by atoms with E-state index in [0.29, 0.717) is 0 Å². The number of hydroxylamine groups is 1. The van der Waals surface area contributed by atoms with Gasteiger partial charge in [-0.2, -0.15) is 0 Å². The first-order chi connectivity index (χ1) is 6.22. The lowest BCUT2D eigenvalue weighted by atomic mass is 10.1. The van der Waals surface area contributed by atoms with Crippen molar-refractivity contribution < 1.29 is 9.63 Å². The Kier molecular flexibility index (Phi) is 3.98. The molecule has 1 atom stereocenters. The van der Waals surface area contributed by atoms with Crippen molar-refractivity contribution in [2.45, 2.75) is 18.9 Å². The Morgan fingerprint density at radius 1 is 1.62 bits per heavy atom. The van der Waals surface area contributed by atoms with Crippen LogP contribution in [-0.4, -0.2) is 44.2 Å². The fourth-order valence-corrected chi connectivity index (χ4v) is 1.59. The van der Waals surface area contributed by atoms with Crippen LogP contribution in [0.5, 0.6) is 0 Å². The number of amides is 2. The van der Waals surface area contributed by atoms with Gasteiger partial charge in [-0.1, -0.05) is 0 Å². The lowest BCUT2D eigenvalue weighted by Crippen LogP contribution is -2.49. The number of rotatable bonds is 2. The Morgan fingerprint density at radius 2 is 2.38 bits per heavy atom. The Balaban J connectivity index is 2.23. The standard InChI is InChI=1S/C8H17N3O2/c1-11-5-3-4-7(6-11)9-8(12)10-13-2/h7H,3-6H2,1-2H3,(H2,9,10,12). The van der Waals surface area contributed by atoms with Crippen molar-refractivity contribution in [2.75, 3.05) is 27.2 Å². The minimum Gasteiger partial charge on any atom is -0.332 e. The number of nitrogens with one attached hydrogen (secondary N) is 2. The average molecular weight is 187 g/mol. The molecule has 2 N–H and O–H groups in total. The molecule has 1 heterocycles. The highest BCUT2D eigenvalue weighted by molar-refractivity contribution is 5.73. The molecule has 0 aromatic carbocycles. The normalized spacial score (nSPS) is 24.0. The van der Waals surface area contributed by atoms with E-state index in [9.17, 15) is 4.79 Å². The molecule has 1 aliphatic heterocycles. The van der Waals surface area contributed by atoms with Crippen LogP contribution >= 0.6 is 0 Å². The van der Waals surface area contributed by atoms with Gasteiger partial charge < -0.3 is 10.2 Å². The minimum atomic E-state index is -0.261. The summed E-state index contributed by atoms with van der Waals surface area (Å²) in [7, 11) is 3.48. The Bertz CT molecular complexity index is 175. The molecule has 5 nitrogen and oxygen atoms in total. The molecule has 76 valence electrons. The van der Waals surface area contributed by atoms with Gasteiger partial charge in [-0.05, 0) is 26.4 Å². The first-order valence-corrected chi connectivity index (χ1v) is 4.50. The molecule has 1 aliphatic rings. The van der Waals surface area contributed by atoms with Crippen LogP contribution in [0.25, 0.3) is 0 Å². The molecule has 1 saturated heterocycles. The van der Waals surface area contributed by atoms with Gasteiger partial charge in [0.05, 0.1) is 7.11 Å². The van der Waals surface area contributed by atoms with E-state index in [1.54, 1.807) is 0 Å². The van der Waals surface area contributed by atoms with E-state index in [4.69, 9.17) is 0 Å². The maximum absolute atomic E-state index is 11.1. The van der Waals surface area contributed by atoms with Crippen LogP contribution in [0.15, 0.2) is 0 Å². The van der Waals surface area contributed by atoms with Gasteiger partial charge in [-0.15, -0.1) is 0 Å². The predicted molar refractivity (Wildman–Crippen MR) is 49.2 cm³/mol. The molecule has 0 spiro atoms. The molecule has 1 unspecified atom stereocenters. The second-order valence-corrected chi connectivity index (χ2v) is 3.38. The number of piperidine rings is 1. The van der Waals surface area contributed by atoms with Gasteiger partial charge in [-0.25, -0.2) is 10.3 Å². The highest BCUT2D eigenvalue weighted by Gasteiger charge is 2.18. The van der Waals surface area contributed by atoms with Crippen molar-refractivity contribution in [3.8, 4) is 0 Å². The van der Waals surface area contributed by atoms with Crippen LogP contribution in [0, 0.1) is 0 Å². The van der Waals surface area contributed by atoms with Gasteiger partial charge in [0.1, 0.15) is 0 Å². The number of nitrogens with zero attached hydrogens (tertiary/aromatic N) is 1. The summed E-state index contributed by atoms with van der Waals surface area (Å²) in [5.41, 5.74) is 2.24. The minimum absolute atomic E-state index is 0.244. The molecule has 0 aromatic heterocycles. The molecule has 0 bridgehead atoms. The molecule has 13 heavy (non-hydrogen) atoms. The van der Waals surface area contributed by atoms with Gasteiger partial charge in [0.15, 0.2) is 0 Å². The molecule has 0 aliphatic carbocycles. The Morgan fingerprint density at radius 3 is 3.00 bits per heavy atom. The van der Waals surface area contributed by atoms with Crippen molar-refractivity contribution in [2.24, 2.45) is 0 Å². The predicted octanol–water partition coefficient (Wildman–Crippen LogP) is -0.0588. The molecule has 1 rings (SSSR count). The molecular weight excluding hydrogens is 170 g/mol. The van der Waals surface area contributed by atoms with Crippen LogP contribution in [0.2, 0.25) is 0 Å². The monoisotopic (exact) mass is 187 g/mol. The molecule has 0 aromatic rings. The maximum atomic E-state index is 11.1. The lowest BCUT2D eigenvalue weighted by molar-refractivity contribution is 0.103. The van der Waals surface area contributed by atoms with Crippen LogP contribution < -0.4 is 10.8 Å². The number of likely N-dealkylation sites (tertiary alicyclic amines) is 1. The lowest BCUT2D eigenvalue weighted by Gasteiger charge is -2.29. The number of likely N-dealkylation sites (N-methyl/N-ethyl adjacent to an activating group) is 1. The summed E-state index contributed by atoms with van der Waals surface area (Å²) in [5, 5.41) is 2.83. The van der Waals surface area contributed by atoms with E-state index >= 15 is 0 Å². The number of hydrogen-bond donors (Lipinski definition) is 2. The summed E-state index contributed by atoms with van der Waals surface area (Å²) in [5.74, 6) is 0. The summed E-state index contributed by atoms with van der Waals surface area (Å²) in [6, 6.07) is -0.0169. The first kappa shape index (κ1) is 10.3. The van der Waals surface area contributed by atoms with E-state index in [-0.39, 0.29) is 12.1 Å². The zero-order valence-corrected chi connectivity index (χ0v) is 8.17. The number of hydrogen-bond acceptors (Lipinski definition) is 3. The van der Waals surface area contributed by atoms with Crippen molar-refractivity contribution in [3.63, 3.8) is 0 Å². The van der Waals surface area contributed by atoms with E-state index in [1.165, 1.54) is 7.11 Å². The van der Waals surface area contributed by atoms with Gasteiger partial charge in [0, 0.05) is 12.6 Å². The second-order valence-electron chi connectivity index (χ2n) is 3.38. The number of urea groups is 1. The highest BCUT2D eigenvalue weighted by atomic mass is 16.6. The van der Waals surface area contributed by atoms with Crippen molar-refractivity contribution >= 4 is 6.03 Å². The van der Waals surface area contributed by atoms with Gasteiger partial charge in [0.25, 0.3) is 0 Å². The summed E-state index contributed by atoms with van der Waals surface area (Å²) in [6.45, 7) is 2.03. The summed E-state index contributed by atoms with van der Waals surface area (Å²) in [6.07, 6.45) is 2.18. The smallest absolute Gasteiger partial charge is 0.332 e. The van der Waals surface area contributed by atoms with Gasteiger partial charge >= 0.3 is 6.03 Å². The number of carbonyl (C=O) groups excluding carboxylic acids is 1. The largest absolute Gasteiger partial charge is 0.338 e. The molecular formula is C8H17N3O2. The van der Waals surface area contributed by atoms with Crippen LogP contribution in [0.3, 0.4) is 0 Å². The second kappa shape index (κ2) is 5.04. The first-order valence-electron chi connectivity index (χ1n) is 4.50. The van der Waals surface area contributed by atoms with Gasteiger partial charge in [0.2, 0.25) is 0 Å². The van der Waals surface area contributed by atoms with Crippen molar-refractivity contribution in [3.05, 3.63) is 0 Å². The molecule has 2 amide bonds. The summed E-state index contributed by atoms with van der Waals surface area (Å²) < 4.78 is 0. The third-order valence-corrected chi connectivity index (χ3v) is 2.15. The van der Waals surface area contributed by atoms with E-state index in [2.05, 4.69) is 27.6 Å².